The van der Waals surface area contributed by atoms with Gasteiger partial charge in [-0.25, -0.2) is 0 Å². The Morgan fingerprint density at radius 3 is 1.00 bits per heavy atom. The van der Waals surface area contributed by atoms with Gasteiger partial charge in [-0.3, -0.25) is 0 Å². The fraction of sp³-hybridized carbons (Fsp3) is 0. The molecule has 1 N–H and O–H groups in total. The van der Waals surface area contributed by atoms with Crippen LogP contribution in [0, 0.1) is 0 Å². The Balaban J connectivity index is -0.00000000533. The Hall–Kier alpha value is 5.96. The smallest absolute Gasteiger partial charge is 1.00 e. The first kappa shape index (κ1) is 43.5. The molecule has 4 nitrogen and oxygen atoms in total. The van der Waals surface area contributed by atoms with Crippen molar-refractivity contribution in [3.63, 3.8) is 0 Å². The van der Waals surface area contributed by atoms with Crippen LogP contribution >= 0.6 is 7.82 Å². The Bertz CT molecular complexity index is 70.2. The van der Waals surface area contributed by atoms with Crippen LogP contribution in [0.4, 0.5) is 0 Å². The zero-order valence-corrected chi connectivity index (χ0v) is 19.5. The van der Waals surface area contributed by atoms with E-state index in [0.717, 1.165) is 0 Å². The fourth-order valence-electron chi connectivity index (χ4n) is 0. The van der Waals surface area contributed by atoms with Crippen LogP contribution < -0.4 is 196 Å². The molecule has 0 unspecified atom stereocenters. The molecule has 0 heterocycles. The second-order valence-corrected chi connectivity index (χ2v) is 1.41. The summed E-state index contributed by atoms with van der Waals surface area (Å²) < 4.78 is 8.66. The number of hydrogen-bond acceptors (Lipinski definition) is 3. The minimum Gasteiger partial charge on any atom is -1.00 e. The second kappa shape index (κ2) is 25.0. The summed E-state index contributed by atoms with van der Waals surface area (Å²) in [6.07, 6.45) is 0. The minimum absolute atomic E-state index is 0. The predicted octanol–water partition coefficient (Wildman–Crippen LogP) is -20.2. The number of hydrogen-bond donors (Lipinski definition) is 1. The van der Waals surface area contributed by atoms with Crippen molar-refractivity contribution < 1.29 is 206 Å². The van der Waals surface area contributed by atoms with E-state index in [2.05, 4.69) is 0 Å². The Labute approximate surface area is 207 Å². The SMILES string of the molecule is O=P([O-])([O-])O.[Cl-].[Cl-].[K+].[K+].[Na+].[Na+]. The van der Waals surface area contributed by atoms with Crippen molar-refractivity contribution in [3.8, 4) is 0 Å². The molecule has 0 aromatic rings. The van der Waals surface area contributed by atoms with Crippen molar-refractivity contribution in [2.45, 2.75) is 0 Å². The summed E-state index contributed by atoms with van der Waals surface area (Å²) in [5, 5.41) is 0. The van der Waals surface area contributed by atoms with Crippen molar-refractivity contribution in [1.29, 1.82) is 0 Å². The standard InChI is InChI=1S/2ClH.2K.2Na.H3O4P/c;;;;;;1-5(2,3)4/h2*1H;;;;;(H3,1,2,3,4)/q;;4*+1;/p-4. The van der Waals surface area contributed by atoms with E-state index in [1.165, 1.54) is 0 Å². The molecule has 11 heavy (non-hydrogen) atoms. The maximum atomic E-state index is 8.66. The largest absolute Gasteiger partial charge is 1.00 e. The molecule has 0 aromatic heterocycles. The Morgan fingerprint density at radius 1 is 1.00 bits per heavy atom. The van der Waals surface area contributed by atoms with Gasteiger partial charge in [-0.15, -0.1) is 0 Å². The van der Waals surface area contributed by atoms with Crippen LogP contribution in [0.15, 0.2) is 0 Å². The first-order valence-corrected chi connectivity index (χ1v) is 2.24. The summed E-state index contributed by atoms with van der Waals surface area (Å²) in [5.74, 6) is 0. The summed E-state index contributed by atoms with van der Waals surface area (Å²) in [4.78, 5) is 24.3. The van der Waals surface area contributed by atoms with Gasteiger partial charge in [0, 0.05) is 0 Å². The molecule has 48 valence electrons. The summed E-state index contributed by atoms with van der Waals surface area (Å²) in [5.41, 5.74) is 0. The van der Waals surface area contributed by atoms with E-state index < -0.39 is 7.82 Å². The Kier molecular flexibility index (Phi) is 98.9. The van der Waals surface area contributed by atoms with Crippen molar-refractivity contribution in [1.82, 2.24) is 0 Å². The van der Waals surface area contributed by atoms with Crippen LogP contribution in [0.5, 0.6) is 0 Å². The van der Waals surface area contributed by atoms with E-state index in [1.807, 2.05) is 0 Å². The summed E-state index contributed by atoms with van der Waals surface area (Å²) in [6, 6.07) is 0. The van der Waals surface area contributed by atoms with Crippen LogP contribution in [-0.2, 0) is 4.57 Å². The van der Waals surface area contributed by atoms with Crippen molar-refractivity contribution >= 4 is 7.82 Å². The molecule has 0 fully saturated rings. The van der Waals surface area contributed by atoms with Crippen molar-refractivity contribution in [3.05, 3.63) is 0 Å². The summed E-state index contributed by atoms with van der Waals surface area (Å²) in [6.45, 7) is 0. The topological polar surface area (TPSA) is 83.4 Å². The molecule has 0 aliphatic heterocycles. The van der Waals surface area contributed by atoms with Crippen LogP contribution in [0.1, 0.15) is 0 Å². The summed E-state index contributed by atoms with van der Waals surface area (Å²) >= 11 is 0. The van der Waals surface area contributed by atoms with Gasteiger partial charge >= 0.3 is 162 Å². The maximum Gasteiger partial charge on any atom is 1.00 e. The first-order valence-electron chi connectivity index (χ1n) is 0.748. The van der Waals surface area contributed by atoms with Gasteiger partial charge in [-0.1, -0.05) is 0 Å². The third kappa shape index (κ3) is 87.5. The molecule has 0 spiro atoms. The monoisotopic (exact) mass is 290 g/mol. The zero-order valence-electron chi connectivity index (χ0n) is 6.88. The molecule has 0 bridgehead atoms. The van der Waals surface area contributed by atoms with Gasteiger partial charge in [0.15, 0.2) is 0 Å². The average Bonchev–Trinajstić information content (AvgIpc) is 0.722. The molecule has 0 rings (SSSR count). The van der Waals surface area contributed by atoms with Gasteiger partial charge in [-0.05, 0) is 0 Å². The van der Waals surface area contributed by atoms with E-state index in [1.54, 1.807) is 0 Å². The van der Waals surface area contributed by atoms with Crippen LogP contribution in [0.25, 0.3) is 0 Å². The van der Waals surface area contributed by atoms with Gasteiger partial charge in [0.25, 0.3) is 0 Å². The van der Waals surface area contributed by atoms with E-state index in [-0.39, 0.29) is 187 Å². The molecular formula is HCl2K2Na2O4P. The van der Waals surface area contributed by atoms with Gasteiger partial charge in [-0.2, -0.15) is 0 Å². The van der Waals surface area contributed by atoms with E-state index >= 15 is 0 Å². The van der Waals surface area contributed by atoms with Gasteiger partial charge < -0.3 is 44.1 Å². The number of rotatable bonds is 0. The quantitative estimate of drug-likeness (QED) is 0.355. The van der Waals surface area contributed by atoms with Gasteiger partial charge in [0.2, 0.25) is 0 Å². The predicted molar refractivity (Wildman–Crippen MR) is 9.83 cm³/mol. The third-order valence-electron chi connectivity index (χ3n) is 0. The van der Waals surface area contributed by atoms with E-state index in [9.17, 15) is 0 Å². The van der Waals surface area contributed by atoms with Crippen LogP contribution in [0.3, 0.4) is 0 Å². The number of halogens is 2. The Morgan fingerprint density at radius 2 is 1.00 bits per heavy atom. The van der Waals surface area contributed by atoms with Crippen LogP contribution in [-0.4, -0.2) is 4.89 Å². The molecule has 0 aromatic carbocycles. The molecule has 11 heteroatoms. The molecule has 0 saturated carbocycles. The fourth-order valence-corrected chi connectivity index (χ4v) is 0. The van der Waals surface area contributed by atoms with E-state index in [0.29, 0.717) is 0 Å². The zero-order chi connectivity index (χ0) is 4.50. The average molecular weight is 291 g/mol. The molecule has 0 aliphatic carbocycles. The van der Waals surface area contributed by atoms with Gasteiger partial charge in [0.05, 0.1) is 7.82 Å². The summed E-state index contributed by atoms with van der Waals surface area (Å²) in [7, 11) is -5.14. The third-order valence-corrected chi connectivity index (χ3v) is 0. The van der Waals surface area contributed by atoms with Crippen molar-refractivity contribution in [2.24, 2.45) is 0 Å². The molecule has 0 saturated heterocycles. The molecule has 0 aliphatic rings. The minimum atomic E-state index is -5.14. The van der Waals surface area contributed by atoms with E-state index in [4.69, 9.17) is 19.2 Å². The molecule has 0 atom stereocenters. The number of phosphoric acid groups is 1. The first-order chi connectivity index (χ1) is 2.00. The van der Waals surface area contributed by atoms with Crippen LogP contribution in [0.2, 0.25) is 0 Å². The second-order valence-electron chi connectivity index (χ2n) is 0.469. The van der Waals surface area contributed by atoms with Crippen molar-refractivity contribution in [2.75, 3.05) is 0 Å². The molecular weight excluding hydrogens is 290 g/mol. The maximum absolute atomic E-state index is 8.66. The molecule has 0 radical (unpaired) electrons. The van der Waals surface area contributed by atoms with Gasteiger partial charge in [0.1, 0.15) is 0 Å². The normalized spacial score (nSPS) is 5.36. The molecule has 0 amide bonds.